The molecule has 1 atom stereocenters. The van der Waals surface area contributed by atoms with Crippen LogP contribution in [0.3, 0.4) is 0 Å². The second-order valence-electron chi connectivity index (χ2n) is 2.89. The second kappa shape index (κ2) is 4.37. The van der Waals surface area contributed by atoms with Crippen molar-refractivity contribution in [3.05, 3.63) is 24.2 Å². The maximum atomic E-state index is 12.5. The van der Waals surface area contributed by atoms with E-state index in [-0.39, 0.29) is 5.76 Å². The minimum Gasteiger partial charge on any atom is -0.469 e. The number of hydrogen-bond acceptors (Lipinski definition) is 3. The molecule has 84 valence electrons. The molecule has 0 fully saturated rings. The molecule has 15 heavy (non-hydrogen) atoms. The molecule has 0 spiro atoms. The Balaban J connectivity index is 2.85. The van der Waals surface area contributed by atoms with Crippen molar-refractivity contribution in [3.8, 4) is 0 Å². The molecule has 1 heterocycles. The smallest absolute Gasteiger partial charge is 0.399 e. The van der Waals surface area contributed by atoms with Gasteiger partial charge < -0.3 is 9.15 Å². The fourth-order valence-electron chi connectivity index (χ4n) is 1.12. The van der Waals surface area contributed by atoms with Crippen LogP contribution >= 0.6 is 0 Å². The maximum Gasteiger partial charge on any atom is 0.399 e. The number of methoxy groups -OCH3 is 1. The van der Waals surface area contributed by atoms with Crippen LogP contribution in [0.4, 0.5) is 13.2 Å². The Hall–Kier alpha value is -1.46. The molecule has 1 aromatic rings. The number of ether oxygens (including phenoxy) is 1. The standard InChI is InChI=1S/C9H9F3O3/c1-14-8(13)5-6(9(10,11)12)7-3-2-4-15-7/h2-4,6H,5H2,1H3. The van der Waals surface area contributed by atoms with Crippen LogP contribution in [0.5, 0.6) is 0 Å². The van der Waals surface area contributed by atoms with Crippen molar-refractivity contribution >= 4 is 5.97 Å². The minimum absolute atomic E-state index is 0.284. The number of alkyl halides is 3. The number of carbonyl (C=O) groups is 1. The molecule has 3 nitrogen and oxygen atoms in total. The molecule has 0 N–H and O–H groups in total. The highest BCUT2D eigenvalue weighted by Gasteiger charge is 2.44. The van der Waals surface area contributed by atoms with E-state index in [1.807, 2.05) is 0 Å². The van der Waals surface area contributed by atoms with Crippen molar-refractivity contribution in [3.63, 3.8) is 0 Å². The molecule has 0 aliphatic carbocycles. The first-order valence-electron chi connectivity index (χ1n) is 4.12. The lowest BCUT2D eigenvalue weighted by molar-refractivity contribution is -0.167. The quantitative estimate of drug-likeness (QED) is 0.737. The van der Waals surface area contributed by atoms with E-state index in [2.05, 4.69) is 9.15 Å². The highest BCUT2D eigenvalue weighted by molar-refractivity contribution is 5.70. The average molecular weight is 222 g/mol. The first-order valence-corrected chi connectivity index (χ1v) is 4.12. The zero-order valence-electron chi connectivity index (χ0n) is 7.88. The van der Waals surface area contributed by atoms with Gasteiger partial charge in [0.05, 0.1) is 19.8 Å². The molecule has 1 unspecified atom stereocenters. The van der Waals surface area contributed by atoms with Crippen LogP contribution < -0.4 is 0 Å². The SMILES string of the molecule is COC(=O)CC(c1ccco1)C(F)(F)F. The van der Waals surface area contributed by atoms with Gasteiger partial charge in [0, 0.05) is 0 Å². The van der Waals surface area contributed by atoms with Gasteiger partial charge in [-0.05, 0) is 12.1 Å². The molecule has 0 aliphatic rings. The van der Waals surface area contributed by atoms with Crippen molar-refractivity contribution in [1.29, 1.82) is 0 Å². The van der Waals surface area contributed by atoms with Crippen molar-refractivity contribution in [2.24, 2.45) is 0 Å². The molecule has 1 aromatic heterocycles. The number of carbonyl (C=O) groups excluding carboxylic acids is 1. The zero-order valence-corrected chi connectivity index (χ0v) is 7.88. The third kappa shape index (κ3) is 3.00. The van der Waals surface area contributed by atoms with E-state index >= 15 is 0 Å². The Morgan fingerprint density at radius 3 is 2.67 bits per heavy atom. The van der Waals surface area contributed by atoms with Crippen LogP contribution in [-0.2, 0) is 9.53 Å². The van der Waals surface area contributed by atoms with Crippen LogP contribution in [0.2, 0.25) is 0 Å². The lowest BCUT2D eigenvalue weighted by atomic mass is 10.0. The molecule has 0 radical (unpaired) electrons. The zero-order chi connectivity index (χ0) is 11.5. The van der Waals surface area contributed by atoms with Crippen molar-refractivity contribution < 1.29 is 27.1 Å². The normalized spacial score (nSPS) is 13.6. The summed E-state index contributed by atoms with van der Waals surface area (Å²) >= 11 is 0. The number of hydrogen-bond donors (Lipinski definition) is 0. The number of halogens is 3. The predicted octanol–water partition coefficient (Wildman–Crippen LogP) is 2.49. The highest BCUT2D eigenvalue weighted by atomic mass is 19.4. The lowest BCUT2D eigenvalue weighted by Gasteiger charge is -2.16. The molecule has 6 heteroatoms. The van der Waals surface area contributed by atoms with Crippen molar-refractivity contribution in [2.75, 3.05) is 7.11 Å². The monoisotopic (exact) mass is 222 g/mol. The minimum atomic E-state index is -4.52. The molecule has 0 aliphatic heterocycles. The maximum absolute atomic E-state index is 12.5. The molecule has 1 rings (SSSR count). The van der Waals surface area contributed by atoms with Gasteiger partial charge in [0.1, 0.15) is 11.7 Å². The van der Waals surface area contributed by atoms with E-state index in [0.717, 1.165) is 13.4 Å². The van der Waals surface area contributed by atoms with Gasteiger partial charge >= 0.3 is 12.1 Å². The Morgan fingerprint density at radius 1 is 1.60 bits per heavy atom. The van der Waals surface area contributed by atoms with Crippen LogP contribution in [-0.4, -0.2) is 19.3 Å². The van der Waals surface area contributed by atoms with Gasteiger partial charge in [-0.2, -0.15) is 13.2 Å². The Labute approximate surface area is 83.8 Å². The van der Waals surface area contributed by atoms with E-state index in [4.69, 9.17) is 0 Å². The van der Waals surface area contributed by atoms with Gasteiger partial charge in [-0.15, -0.1) is 0 Å². The third-order valence-corrected chi connectivity index (χ3v) is 1.88. The average Bonchev–Trinajstić information content (AvgIpc) is 2.64. The van der Waals surface area contributed by atoms with E-state index in [1.165, 1.54) is 12.1 Å². The van der Waals surface area contributed by atoms with Gasteiger partial charge in [-0.3, -0.25) is 4.79 Å². The van der Waals surface area contributed by atoms with Crippen LogP contribution in [0.1, 0.15) is 18.1 Å². The summed E-state index contributed by atoms with van der Waals surface area (Å²) in [5, 5.41) is 0. The highest BCUT2D eigenvalue weighted by Crippen LogP contribution is 2.37. The summed E-state index contributed by atoms with van der Waals surface area (Å²) in [6.45, 7) is 0. The van der Waals surface area contributed by atoms with Crippen LogP contribution in [0, 0.1) is 0 Å². The topological polar surface area (TPSA) is 39.4 Å². The fraction of sp³-hybridized carbons (Fsp3) is 0.444. The van der Waals surface area contributed by atoms with Crippen LogP contribution in [0.15, 0.2) is 22.8 Å². The van der Waals surface area contributed by atoms with Crippen molar-refractivity contribution in [1.82, 2.24) is 0 Å². The number of furan rings is 1. The fourth-order valence-corrected chi connectivity index (χ4v) is 1.12. The molecule has 0 aromatic carbocycles. The Morgan fingerprint density at radius 2 is 2.27 bits per heavy atom. The van der Waals surface area contributed by atoms with Gasteiger partial charge in [-0.25, -0.2) is 0 Å². The molecular formula is C9H9F3O3. The molecule has 0 bridgehead atoms. The number of rotatable bonds is 3. The summed E-state index contributed by atoms with van der Waals surface area (Å²) < 4.78 is 46.4. The van der Waals surface area contributed by atoms with E-state index in [9.17, 15) is 18.0 Å². The first-order chi connectivity index (χ1) is 6.95. The summed E-state index contributed by atoms with van der Waals surface area (Å²) in [6, 6.07) is 2.52. The Kier molecular flexibility index (Phi) is 3.39. The molecule has 0 amide bonds. The van der Waals surface area contributed by atoms with Gasteiger partial charge in [0.2, 0.25) is 0 Å². The van der Waals surface area contributed by atoms with Gasteiger partial charge in [0.25, 0.3) is 0 Å². The van der Waals surface area contributed by atoms with E-state index < -0.39 is 24.5 Å². The first kappa shape index (κ1) is 11.6. The van der Waals surface area contributed by atoms with Crippen LogP contribution in [0.25, 0.3) is 0 Å². The summed E-state index contributed by atoms with van der Waals surface area (Å²) in [5.74, 6) is -3.15. The predicted molar refractivity (Wildman–Crippen MR) is 44.1 cm³/mol. The van der Waals surface area contributed by atoms with Crippen molar-refractivity contribution in [2.45, 2.75) is 18.5 Å². The summed E-state index contributed by atoms with van der Waals surface area (Å²) in [5.41, 5.74) is 0. The third-order valence-electron chi connectivity index (χ3n) is 1.88. The summed E-state index contributed by atoms with van der Waals surface area (Å²) in [4.78, 5) is 10.8. The largest absolute Gasteiger partial charge is 0.469 e. The van der Waals surface area contributed by atoms with E-state index in [1.54, 1.807) is 0 Å². The molecule has 0 saturated carbocycles. The number of esters is 1. The molecular weight excluding hydrogens is 213 g/mol. The summed E-state index contributed by atoms with van der Waals surface area (Å²) in [7, 11) is 1.04. The molecule has 0 saturated heterocycles. The second-order valence-corrected chi connectivity index (χ2v) is 2.89. The summed E-state index contributed by atoms with van der Waals surface area (Å²) in [6.07, 6.45) is -4.16. The van der Waals surface area contributed by atoms with Gasteiger partial charge in [-0.1, -0.05) is 0 Å². The van der Waals surface area contributed by atoms with E-state index in [0.29, 0.717) is 0 Å². The lowest BCUT2D eigenvalue weighted by Crippen LogP contribution is -2.23. The Bertz CT molecular complexity index is 316. The van der Waals surface area contributed by atoms with Gasteiger partial charge in [0.15, 0.2) is 0 Å².